The Morgan fingerprint density at radius 1 is 1.03 bits per heavy atom. The SMILES string of the molecule is NC(=O)Nc1cc(N)ccc1N=NC1=CC(NC2CCC(N)CC2)(S(=O)(=O)O)C=CC1(N)S(=O)(=O)O. The summed E-state index contributed by atoms with van der Waals surface area (Å²) in [6, 6.07) is 2.59. The number of anilines is 2. The van der Waals surface area contributed by atoms with E-state index in [0.717, 1.165) is 12.2 Å². The van der Waals surface area contributed by atoms with E-state index < -0.39 is 47.7 Å². The van der Waals surface area contributed by atoms with Crippen LogP contribution in [0.15, 0.2) is 52.4 Å². The van der Waals surface area contributed by atoms with Crippen molar-refractivity contribution < 1.29 is 30.7 Å². The van der Waals surface area contributed by atoms with Crippen LogP contribution in [0, 0.1) is 0 Å². The molecule has 0 aliphatic heterocycles. The molecule has 2 amide bonds. The molecule has 1 saturated carbocycles. The van der Waals surface area contributed by atoms with Gasteiger partial charge in [0.15, 0.2) is 4.87 Å². The number of hydrogen-bond acceptors (Lipinski definition) is 11. The van der Waals surface area contributed by atoms with E-state index in [1.54, 1.807) is 0 Å². The first-order valence-electron chi connectivity index (χ1n) is 10.6. The molecule has 2 aliphatic rings. The lowest BCUT2D eigenvalue weighted by Gasteiger charge is -2.38. The maximum atomic E-state index is 12.5. The number of nitrogens with two attached hydrogens (primary N) is 4. The second kappa shape index (κ2) is 9.85. The fourth-order valence-corrected chi connectivity index (χ4v) is 5.33. The first-order chi connectivity index (χ1) is 16.6. The van der Waals surface area contributed by atoms with Gasteiger partial charge >= 0.3 is 6.03 Å². The first kappa shape index (κ1) is 27.7. The van der Waals surface area contributed by atoms with Gasteiger partial charge < -0.3 is 28.3 Å². The second-order valence-electron chi connectivity index (χ2n) is 8.62. The van der Waals surface area contributed by atoms with Gasteiger partial charge in [-0.25, -0.2) is 4.79 Å². The van der Waals surface area contributed by atoms with Gasteiger partial charge in [-0.1, -0.05) is 0 Å². The van der Waals surface area contributed by atoms with Crippen LogP contribution >= 0.6 is 0 Å². The minimum atomic E-state index is -5.11. The third-order valence-corrected chi connectivity index (χ3v) is 8.35. The number of nitrogens with zero attached hydrogens (tertiary/aromatic N) is 2. The zero-order valence-electron chi connectivity index (χ0n) is 18.9. The monoisotopic (exact) mass is 544 g/mol. The van der Waals surface area contributed by atoms with E-state index >= 15 is 0 Å². The summed E-state index contributed by atoms with van der Waals surface area (Å²) >= 11 is 0. The maximum Gasteiger partial charge on any atom is 0.316 e. The summed E-state index contributed by atoms with van der Waals surface area (Å²) in [6.45, 7) is 0. The number of hydrogen-bond donors (Lipinski definition) is 8. The van der Waals surface area contributed by atoms with Gasteiger partial charge in [0.1, 0.15) is 11.4 Å². The summed E-state index contributed by atoms with van der Waals surface area (Å²) in [6.07, 6.45) is 4.43. The molecule has 17 heteroatoms. The molecule has 0 heterocycles. The molecule has 12 N–H and O–H groups in total. The Hall–Kier alpha value is -2.93. The molecule has 2 aliphatic carbocycles. The van der Waals surface area contributed by atoms with Crippen LogP contribution in [-0.2, 0) is 20.2 Å². The number of urea groups is 1. The van der Waals surface area contributed by atoms with Gasteiger partial charge in [0.05, 0.1) is 5.69 Å². The molecule has 0 aromatic heterocycles. The highest BCUT2D eigenvalue weighted by Gasteiger charge is 2.51. The zero-order chi connectivity index (χ0) is 26.9. The van der Waals surface area contributed by atoms with Crippen molar-refractivity contribution in [3.63, 3.8) is 0 Å². The Labute approximate surface area is 207 Å². The quantitative estimate of drug-likeness (QED) is 0.0998. The van der Waals surface area contributed by atoms with Crippen molar-refractivity contribution in [2.45, 2.75) is 47.5 Å². The van der Waals surface area contributed by atoms with Gasteiger partial charge in [-0.05, 0) is 62.1 Å². The van der Waals surface area contributed by atoms with Crippen molar-refractivity contribution >= 4 is 43.3 Å². The summed E-state index contributed by atoms with van der Waals surface area (Å²) in [5, 5.41) is 12.7. The van der Waals surface area contributed by atoms with Crippen molar-refractivity contribution in [3.05, 3.63) is 42.1 Å². The summed E-state index contributed by atoms with van der Waals surface area (Å²) in [4.78, 5) is 6.26. The molecule has 1 aromatic carbocycles. The lowest BCUT2D eigenvalue weighted by atomic mass is 9.90. The summed E-state index contributed by atoms with van der Waals surface area (Å²) in [5.41, 5.74) is 22.1. The van der Waals surface area contributed by atoms with Crippen LogP contribution in [0.4, 0.5) is 21.9 Å². The van der Waals surface area contributed by atoms with Crippen molar-refractivity contribution in [2.75, 3.05) is 11.1 Å². The number of benzene rings is 1. The number of primary amides is 1. The van der Waals surface area contributed by atoms with Gasteiger partial charge in [-0.2, -0.15) is 21.9 Å². The summed E-state index contributed by atoms with van der Waals surface area (Å²) in [7, 11) is -10.1. The van der Waals surface area contributed by atoms with Crippen LogP contribution in [-0.4, -0.2) is 53.8 Å². The molecular weight excluding hydrogens is 516 g/mol. The van der Waals surface area contributed by atoms with Gasteiger partial charge in [0, 0.05) is 17.8 Å². The van der Waals surface area contributed by atoms with E-state index in [9.17, 15) is 30.7 Å². The van der Waals surface area contributed by atoms with Crippen molar-refractivity contribution in [2.24, 2.45) is 27.4 Å². The second-order valence-corrected chi connectivity index (χ2v) is 11.9. The van der Waals surface area contributed by atoms with Gasteiger partial charge in [0.25, 0.3) is 20.2 Å². The van der Waals surface area contributed by atoms with Crippen LogP contribution in [0.2, 0.25) is 0 Å². The lowest BCUT2D eigenvalue weighted by molar-refractivity contribution is 0.259. The van der Waals surface area contributed by atoms with E-state index in [0.29, 0.717) is 31.8 Å². The molecule has 15 nitrogen and oxygen atoms in total. The summed E-state index contributed by atoms with van der Waals surface area (Å²) < 4.78 is 69.3. The molecular formula is C19H28N8O7S2. The predicted octanol–water partition coefficient (Wildman–Crippen LogP) is 0.283. The number of carbonyl (C=O) groups is 1. The first-order valence-corrected chi connectivity index (χ1v) is 13.5. The molecule has 0 radical (unpaired) electrons. The fourth-order valence-electron chi connectivity index (χ4n) is 3.91. The number of carbonyl (C=O) groups excluding carboxylic acids is 1. The molecule has 2 atom stereocenters. The van der Waals surface area contributed by atoms with E-state index in [2.05, 4.69) is 20.9 Å². The molecule has 1 fully saturated rings. The molecule has 36 heavy (non-hydrogen) atoms. The fraction of sp³-hybridized carbons (Fsp3) is 0.421. The highest BCUT2D eigenvalue weighted by atomic mass is 32.2. The summed E-state index contributed by atoms with van der Waals surface area (Å²) in [5.74, 6) is 0. The van der Waals surface area contributed by atoms with Crippen molar-refractivity contribution in [1.29, 1.82) is 0 Å². The van der Waals surface area contributed by atoms with Gasteiger partial charge in [-0.15, -0.1) is 5.11 Å². The average Bonchev–Trinajstić information content (AvgIpc) is 2.75. The molecule has 1 aromatic rings. The Bertz CT molecular complexity index is 1340. The van der Waals surface area contributed by atoms with Gasteiger partial charge in [0.2, 0.25) is 4.87 Å². The molecule has 3 rings (SSSR count). The van der Waals surface area contributed by atoms with Crippen LogP contribution < -0.4 is 33.6 Å². The molecule has 2 unspecified atom stereocenters. The van der Waals surface area contributed by atoms with Crippen molar-refractivity contribution in [1.82, 2.24) is 5.32 Å². The number of azo groups is 1. The highest BCUT2D eigenvalue weighted by Crippen LogP contribution is 2.37. The third-order valence-electron chi connectivity index (χ3n) is 5.93. The lowest BCUT2D eigenvalue weighted by Crippen LogP contribution is -2.58. The highest BCUT2D eigenvalue weighted by molar-refractivity contribution is 7.88. The minimum Gasteiger partial charge on any atom is -0.399 e. The Morgan fingerprint density at radius 3 is 2.22 bits per heavy atom. The minimum absolute atomic E-state index is 0.00499. The van der Waals surface area contributed by atoms with Crippen LogP contribution in [0.3, 0.4) is 0 Å². The van der Waals surface area contributed by atoms with Crippen molar-refractivity contribution in [3.8, 4) is 0 Å². The molecule has 0 saturated heterocycles. The van der Waals surface area contributed by atoms with Gasteiger partial charge in [-0.3, -0.25) is 14.4 Å². The normalized spacial score (nSPS) is 29.2. The number of rotatable bonds is 7. The van der Waals surface area contributed by atoms with E-state index in [4.69, 9.17) is 22.9 Å². The standard InChI is InChI=1S/C19H28N8O7S2/c20-11-1-4-13(5-2-11)25-18(35(29,30)31)7-8-19(23,36(32,33)34)16(10-18)27-26-14-6-3-12(21)9-15(14)24-17(22)28/h3,6-11,13,25H,1-2,4-5,20-21,23H2,(H3,22,24,28)(H,29,30,31)(H,32,33,34). The molecule has 0 bridgehead atoms. The van der Waals surface area contributed by atoms with E-state index in [1.165, 1.54) is 18.2 Å². The molecule has 0 spiro atoms. The topological polar surface area (TPSA) is 279 Å². The third kappa shape index (κ3) is 5.72. The van der Waals surface area contributed by atoms with E-state index in [-0.39, 0.29) is 23.1 Å². The number of amides is 2. The number of nitrogen functional groups attached to an aromatic ring is 1. The van der Waals surface area contributed by atoms with Crippen LogP contribution in [0.1, 0.15) is 25.7 Å². The Morgan fingerprint density at radius 2 is 1.67 bits per heavy atom. The maximum absolute atomic E-state index is 12.5. The largest absolute Gasteiger partial charge is 0.399 e. The smallest absolute Gasteiger partial charge is 0.316 e. The van der Waals surface area contributed by atoms with E-state index in [1.807, 2.05) is 0 Å². The number of nitrogens with one attached hydrogen (secondary N) is 2. The Kier molecular flexibility index (Phi) is 7.56. The zero-order valence-corrected chi connectivity index (χ0v) is 20.5. The predicted molar refractivity (Wildman–Crippen MR) is 132 cm³/mol. The molecule has 198 valence electrons. The Balaban J connectivity index is 2.12. The van der Waals surface area contributed by atoms with Crippen LogP contribution in [0.25, 0.3) is 0 Å². The average molecular weight is 545 g/mol. The van der Waals surface area contributed by atoms with Crippen LogP contribution in [0.5, 0.6) is 0 Å².